The minimum absolute atomic E-state index is 0.00260. The first-order valence-corrected chi connectivity index (χ1v) is 11.2. The van der Waals surface area contributed by atoms with Gasteiger partial charge in [-0.25, -0.2) is 0 Å². The summed E-state index contributed by atoms with van der Waals surface area (Å²) in [7, 11) is 1.22. The Labute approximate surface area is 201 Å². The standard InChI is InChI=1S/C25H37NO8/c1-15(2)20(27)33-18-10-9-17(13-19(18)34-21(28)16(3)4)14-25(26,23(30)31-8)11-12-32-22(29)24(5,6)7/h9-10,13,15-16H,11-12,14,26H2,1-8H3/t25-/m1/s1. The van der Waals surface area contributed by atoms with Crippen molar-refractivity contribution in [1.29, 1.82) is 0 Å². The highest BCUT2D eigenvalue weighted by Crippen LogP contribution is 2.32. The quantitative estimate of drug-likeness (QED) is 0.397. The monoisotopic (exact) mass is 479 g/mol. The van der Waals surface area contributed by atoms with E-state index in [1.54, 1.807) is 54.5 Å². The number of hydrogen-bond acceptors (Lipinski definition) is 9. The Bertz CT molecular complexity index is 901. The van der Waals surface area contributed by atoms with Crippen molar-refractivity contribution < 1.29 is 38.1 Å². The fourth-order valence-corrected chi connectivity index (χ4v) is 2.65. The zero-order valence-corrected chi connectivity index (χ0v) is 21.4. The number of carbonyl (C=O) groups is 4. The van der Waals surface area contributed by atoms with Crippen molar-refractivity contribution in [2.45, 2.75) is 66.8 Å². The second kappa shape index (κ2) is 12.0. The predicted octanol–water partition coefficient (Wildman–Crippen LogP) is 3.20. The molecule has 0 saturated carbocycles. The lowest BCUT2D eigenvalue weighted by molar-refractivity contribution is -0.156. The molecular formula is C25H37NO8. The Morgan fingerprint density at radius 2 is 1.41 bits per heavy atom. The second-order valence-corrected chi connectivity index (χ2v) is 9.89. The fourth-order valence-electron chi connectivity index (χ4n) is 2.65. The van der Waals surface area contributed by atoms with Gasteiger partial charge in [-0.2, -0.15) is 0 Å². The Balaban J connectivity index is 3.21. The Morgan fingerprint density at radius 3 is 1.88 bits per heavy atom. The topological polar surface area (TPSA) is 131 Å². The third-order valence-corrected chi connectivity index (χ3v) is 4.88. The van der Waals surface area contributed by atoms with E-state index in [0.717, 1.165) is 0 Å². The van der Waals surface area contributed by atoms with Crippen LogP contribution in [0.1, 0.15) is 60.5 Å². The molecule has 0 aromatic heterocycles. The van der Waals surface area contributed by atoms with Crippen LogP contribution in [-0.4, -0.2) is 43.1 Å². The van der Waals surface area contributed by atoms with E-state index in [0.29, 0.717) is 5.56 Å². The van der Waals surface area contributed by atoms with Gasteiger partial charge in [0.2, 0.25) is 0 Å². The SMILES string of the molecule is COC(=O)[C@@](N)(CCOC(=O)C(C)(C)C)Cc1ccc(OC(=O)C(C)C)c(OC(=O)C(C)C)c1. The lowest BCUT2D eigenvalue weighted by Gasteiger charge is -2.27. The molecule has 0 amide bonds. The maximum atomic E-state index is 12.5. The number of ether oxygens (including phenoxy) is 4. The summed E-state index contributed by atoms with van der Waals surface area (Å²) in [5.74, 6) is -2.79. The number of carbonyl (C=O) groups excluding carboxylic acids is 4. The molecule has 0 bridgehead atoms. The molecule has 0 unspecified atom stereocenters. The largest absolute Gasteiger partial charge is 0.468 e. The molecule has 1 rings (SSSR count). The maximum Gasteiger partial charge on any atom is 0.326 e. The number of benzene rings is 1. The molecule has 34 heavy (non-hydrogen) atoms. The summed E-state index contributed by atoms with van der Waals surface area (Å²) >= 11 is 0. The van der Waals surface area contributed by atoms with Gasteiger partial charge < -0.3 is 24.7 Å². The van der Waals surface area contributed by atoms with Crippen molar-refractivity contribution in [2.75, 3.05) is 13.7 Å². The van der Waals surface area contributed by atoms with E-state index < -0.39 is 40.7 Å². The Hall–Kier alpha value is -2.94. The molecule has 190 valence electrons. The lowest BCUT2D eigenvalue weighted by atomic mass is 9.88. The van der Waals surface area contributed by atoms with Crippen LogP contribution in [0.4, 0.5) is 0 Å². The van der Waals surface area contributed by atoms with Gasteiger partial charge in [0.15, 0.2) is 11.5 Å². The molecule has 0 aliphatic carbocycles. The molecule has 0 aliphatic heterocycles. The fraction of sp³-hybridized carbons (Fsp3) is 0.600. The minimum Gasteiger partial charge on any atom is -0.468 e. The van der Waals surface area contributed by atoms with Crippen LogP contribution in [-0.2, 0) is 35.1 Å². The van der Waals surface area contributed by atoms with Gasteiger partial charge in [0, 0.05) is 12.8 Å². The van der Waals surface area contributed by atoms with Crippen LogP contribution in [0, 0.1) is 17.3 Å². The smallest absolute Gasteiger partial charge is 0.326 e. The van der Waals surface area contributed by atoms with Crippen molar-refractivity contribution in [3.05, 3.63) is 23.8 Å². The van der Waals surface area contributed by atoms with Crippen molar-refractivity contribution in [1.82, 2.24) is 0 Å². The lowest BCUT2D eigenvalue weighted by Crippen LogP contribution is -2.51. The minimum atomic E-state index is -1.51. The van der Waals surface area contributed by atoms with Gasteiger partial charge in [-0.05, 0) is 38.5 Å². The van der Waals surface area contributed by atoms with Crippen molar-refractivity contribution >= 4 is 23.9 Å². The highest BCUT2D eigenvalue weighted by molar-refractivity contribution is 5.81. The summed E-state index contributed by atoms with van der Waals surface area (Å²) in [6.45, 7) is 11.8. The molecule has 1 aromatic carbocycles. The van der Waals surface area contributed by atoms with Crippen LogP contribution in [0.25, 0.3) is 0 Å². The molecule has 0 saturated heterocycles. The molecule has 1 aromatic rings. The average Bonchev–Trinajstić information content (AvgIpc) is 2.73. The van der Waals surface area contributed by atoms with E-state index >= 15 is 0 Å². The van der Waals surface area contributed by atoms with Gasteiger partial charge in [-0.15, -0.1) is 0 Å². The first-order chi connectivity index (χ1) is 15.6. The number of rotatable bonds is 10. The van der Waals surface area contributed by atoms with Crippen molar-refractivity contribution in [2.24, 2.45) is 23.0 Å². The van der Waals surface area contributed by atoms with E-state index in [9.17, 15) is 19.2 Å². The highest BCUT2D eigenvalue weighted by Gasteiger charge is 2.36. The van der Waals surface area contributed by atoms with Crippen LogP contribution in [0.2, 0.25) is 0 Å². The summed E-state index contributed by atoms with van der Waals surface area (Å²) < 4.78 is 21.0. The first kappa shape index (κ1) is 29.1. The van der Waals surface area contributed by atoms with Crippen LogP contribution in [0.3, 0.4) is 0 Å². The van der Waals surface area contributed by atoms with E-state index in [-0.39, 0.29) is 36.9 Å². The molecule has 0 heterocycles. The number of esters is 4. The van der Waals surface area contributed by atoms with Crippen molar-refractivity contribution in [3.8, 4) is 11.5 Å². The number of methoxy groups -OCH3 is 1. The van der Waals surface area contributed by atoms with Crippen LogP contribution in [0.15, 0.2) is 18.2 Å². The summed E-state index contributed by atoms with van der Waals surface area (Å²) in [5, 5.41) is 0. The third-order valence-electron chi connectivity index (χ3n) is 4.88. The Morgan fingerprint density at radius 1 is 0.882 bits per heavy atom. The predicted molar refractivity (Wildman–Crippen MR) is 125 cm³/mol. The molecule has 9 heteroatoms. The van der Waals surface area contributed by atoms with Crippen LogP contribution >= 0.6 is 0 Å². The maximum absolute atomic E-state index is 12.5. The molecule has 2 N–H and O–H groups in total. The van der Waals surface area contributed by atoms with E-state index in [2.05, 4.69) is 0 Å². The van der Waals surface area contributed by atoms with Gasteiger partial charge >= 0.3 is 23.9 Å². The summed E-state index contributed by atoms with van der Waals surface area (Å²) in [6, 6.07) is 4.59. The van der Waals surface area contributed by atoms with Gasteiger partial charge in [0.25, 0.3) is 0 Å². The molecule has 9 nitrogen and oxygen atoms in total. The van der Waals surface area contributed by atoms with Crippen molar-refractivity contribution in [3.63, 3.8) is 0 Å². The zero-order valence-electron chi connectivity index (χ0n) is 21.4. The summed E-state index contributed by atoms with van der Waals surface area (Å²) in [4.78, 5) is 48.9. The Kier molecular flexibility index (Phi) is 10.2. The van der Waals surface area contributed by atoms with E-state index in [1.165, 1.54) is 19.2 Å². The molecule has 1 atom stereocenters. The van der Waals surface area contributed by atoms with E-state index in [1.807, 2.05) is 0 Å². The molecule has 0 aliphatic rings. The van der Waals surface area contributed by atoms with Gasteiger partial charge in [-0.1, -0.05) is 33.8 Å². The van der Waals surface area contributed by atoms with Crippen LogP contribution < -0.4 is 15.2 Å². The van der Waals surface area contributed by atoms with Crippen LogP contribution in [0.5, 0.6) is 11.5 Å². The van der Waals surface area contributed by atoms with E-state index in [4.69, 9.17) is 24.7 Å². The van der Waals surface area contributed by atoms with Gasteiger partial charge in [0.05, 0.1) is 31.0 Å². The molecule has 0 fully saturated rings. The average molecular weight is 480 g/mol. The second-order valence-electron chi connectivity index (χ2n) is 9.89. The van der Waals surface area contributed by atoms with Gasteiger partial charge in [0.1, 0.15) is 5.54 Å². The first-order valence-electron chi connectivity index (χ1n) is 11.2. The third kappa shape index (κ3) is 8.44. The number of hydrogen-bond donors (Lipinski definition) is 1. The number of nitrogens with two attached hydrogens (primary N) is 1. The normalized spacial score (nSPS) is 13.3. The van der Waals surface area contributed by atoms with Gasteiger partial charge in [-0.3, -0.25) is 19.2 Å². The molecular weight excluding hydrogens is 442 g/mol. The zero-order chi connectivity index (χ0) is 26.3. The summed E-state index contributed by atoms with van der Waals surface area (Å²) in [5.41, 5.74) is 4.71. The molecule has 0 radical (unpaired) electrons. The highest BCUT2D eigenvalue weighted by atomic mass is 16.6. The molecule has 0 spiro atoms. The summed E-state index contributed by atoms with van der Waals surface area (Å²) in [6.07, 6.45) is 0.00404.